The topological polar surface area (TPSA) is 35.5 Å². The fourth-order valence-electron chi connectivity index (χ4n) is 2.07. The predicted molar refractivity (Wildman–Crippen MR) is 83.0 cm³/mol. The molecule has 0 amide bonds. The van der Waals surface area contributed by atoms with Gasteiger partial charge in [-0.1, -0.05) is 37.6 Å². The Morgan fingerprint density at radius 1 is 1.26 bits per heavy atom. The zero-order chi connectivity index (χ0) is 14.4. The van der Waals surface area contributed by atoms with Crippen LogP contribution in [0.5, 0.6) is 0 Å². The molecule has 0 spiro atoms. The Morgan fingerprint density at radius 3 is 2.47 bits per heavy atom. The van der Waals surface area contributed by atoms with Crippen molar-refractivity contribution in [2.45, 2.75) is 46.3 Å². The lowest BCUT2D eigenvalue weighted by atomic mass is 10.1. The van der Waals surface area contributed by atoms with Crippen LogP contribution in [0.3, 0.4) is 0 Å². The molecule has 0 aromatic heterocycles. The molecule has 0 aliphatic carbocycles. The van der Waals surface area contributed by atoms with Crippen LogP contribution in [0, 0.1) is 0 Å². The molecular weight excluding hydrogens is 260 g/mol. The smallest absolute Gasteiger partial charge is 0.0643 e. The number of benzene rings is 1. The molecule has 1 aromatic carbocycles. The van der Waals surface area contributed by atoms with Gasteiger partial charge in [0.15, 0.2) is 0 Å². The highest BCUT2D eigenvalue weighted by molar-refractivity contribution is 6.33. The molecule has 0 aliphatic rings. The summed E-state index contributed by atoms with van der Waals surface area (Å²) in [6.45, 7) is 9.96. The summed E-state index contributed by atoms with van der Waals surface area (Å²) in [5, 5.41) is 13.4. The van der Waals surface area contributed by atoms with Crippen molar-refractivity contribution in [1.82, 2.24) is 5.32 Å². The molecule has 0 atom stereocenters. The maximum Gasteiger partial charge on any atom is 0.0643 e. The number of aliphatic hydroxyl groups is 1. The Morgan fingerprint density at radius 2 is 1.95 bits per heavy atom. The molecule has 19 heavy (non-hydrogen) atoms. The average molecular weight is 285 g/mol. The normalized spacial score (nSPS) is 11.4. The molecule has 1 rings (SSSR count). The van der Waals surface area contributed by atoms with E-state index < -0.39 is 0 Å². The number of anilines is 1. The summed E-state index contributed by atoms with van der Waals surface area (Å²) in [7, 11) is 0. The Bertz CT molecular complexity index is 394. The fraction of sp³-hybridized carbons (Fsp3) is 0.600. The van der Waals surface area contributed by atoms with Crippen molar-refractivity contribution in [3.05, 3.63) is 28.8 Å². The van der Waals surface area contributed by atoms with Crippen molar-refractivity contribution in [3.8, 4) is 0 Å². The molecule has 0 radical (unpaired) electrons. The van der Waals surface area contributed by atoms with Crippen molar-refractivity contribution in [2.24, 2.45) is 0 Å². The van der Waals surface area contributed by atoms with Crippen LogP contribution >= 0.6 is 11.6 Å². The first kappa shape index (κ1) is 16.3. The lowest BCUT2D eigenvalue weighted by Gasteiger charge is -2.31. The molecule has 2 N–H and O–H groups in total. The van der Waals surface area contributed by atoms with Crippen LogP contribution in [-0.4, -0.2) is 30.3 Å². The molecule has 0 saturated carbocycles. The number of aliphatic hydroxyl groups excluding tert-OH is 1. The van der Waals surface area contributed by atoms with Crippen LogP contribution in [0.15, 0.2) is 18.2 Å². The molecular formula is C15H25ClN2O. The van der Waals surface area contributed by atoms with E-state index >= 15 is 0 Å². The lowest BCUT2D eigenvalue weighted by molar-refractivity contribution is 0.299. The summed E-state index contributed by atoms with van der Waals surface area (Å²) in [6.07, 6.45) is 0. The first-order valence-corrected chi connectivity index (χ1v) is 7.23. The van der Waals surface area contributed by atoms with Gasteiger partial charge in [0.05, 0.1) is 17.3 Å². The number of hydrogen-bond acceptors (Lipinski definition) is 3. The number of para-hydroxylation sites is 1. The summed E-state index contributed by atoms with van der Waals surface area (Å²) < 4.78 is 0. The summed E-state index contributed by atoms with van der Waals surface area (Å²) in [5.74, 6) is 0. The van der Waals surface area contributed by atoms with Crippen LogP contribution in [0.25, 0.3) is 0 Å². The molecule has 0 bridgehead atoms. The first-order valence-electron chi connectivity index (χ1n) is 6.85. The van der Waals surface area contributed by atoms with Crippen molar-refractivity contribution in [2.75, 3.05) is 18.1 Å². The second-order valence-electron chi connectivity index (χ2n) is 5.29. The maximum absolute atomic E-state index is 9.25. The van der Waals surface area contributed by atoms with Gasteiger partial charge in [0.2, 0.25) is 0 Å². The van der Waals surface area contributed by atoms with E-state index in [1.807, 2.05) is 12.1 Å². The highest BCUT2D eigenvalue weighted by atomic mass is 35.5. The zero-order valence-electron chi connectivity index (χ0n) is 12.3. The molecule has 4 heteroatoms. The average Bonchev–Trinajstić information content (AvgIpc) is 2.34. The number of nitrogens with zero attached hydrogens (tertiary/aromatic N) is 1. The van der Waals surface area contributed by atoms with E-state index in [2.05, 4.69) is 44.0 Å². The minimum absolute atomic E-state index is 0.125. The Balaban J connectivity index is 3.07. The summed E-state index contributed by atoms with van der Waals surface area (Å²) in [6, 6.07) is 6.69. The van der Waals surface area contributed by atoms with E-state index in [-0.39, 0.29) is 6.61 Å². The maximum atomic E-state index is 9.25. The van der Waals surface area contributed by atoms with Gasteiger partial charge in [0.25, 0.3) is 0 Å². The predicted octanol–water partition coefficient (Wildman–Crippen LogP) is 3.05. The summed E-state index contributed by atoms with van der Waals surface area (Å²) in [4.78, 5) is 2.15. The van der Waals surface area contributed by atoms with E-state index in [1.165, 1.54) is 5.56 Å². The molecule has 3 nitrogen and oxygen atoms in total. The molecule has 0 aliphatic heterocycles. The quantitative estimate of drug-likeness (QED) is 0.808. The van der Waals surface area contributed by atoms with Crippen molar-refractivity contribution < 1.29 is 5.11 Å². The van der Waals surface area contributed by atoms with Gasteiger partial charge >= 0.3 is 0 Å². The molecule has 108 valence electrons. The van der Waals surface area contributed by atoms with Gasteiger partial charge in [0.1, 0.15) is 0 Å². The largest absolute Gasteiger partial charge is 0.395 e. The Kier molecular flexibility index (Phi) is 6.63. The van der Waals surface area contributed by atoms with Crippen LogP contribution in [0.4, 0.5) is 5.69 Å². The second-order valence-corrected chi connectivity index (χ2v) is 5.70. The van der Waals surface area contributed by atoms with E-state index in [1.54, 1.807) is 0 Å². The zero-order valence-corrected chi connectivity index (χ0v) is 13.0. The first-order chi connectivity index (χ1) is 8.97. The number of rotatable bonds is 7. The highest BCUT2D eigenvalue weighted by Gasteiger charge is 2.17. The third-order valence-corrected chi connectivity index (χ3v) is 3.33. The Labute approximate surface area is 121 Å². The van der Waals surface area contributed by atoms with Crippen molar-refractivity contribution in [3.63, 3.8) is 0 Å². The Hall–Kier alpha value is -0.770. The fourth-order valence-corrected chi connectivity index (χ4v) is 2.38. The number of nitrogens with one attached hydrogen (secondary N) is 1. The van der Waals surface area contributed by atoms with E-state index in [9.17, 15) is 5.11 Å². The van der Waals surface area contributed by atoms with Crippen LogP contribution < -0.4 is 10.2 Å². The van der Waals surface area contributed by atoms with Crippen LogP contribution in [0.1, 0.15) is 33.3 Å². The van der Waals surface area contributed by atoms with Gasteiger partial charge in [-0.3, -0.25) is 0 Å². The molecule has 1 aromatic rings. The minimum atomic E-state index is 0.125. The second kappa shape index (κ2) is 7.73. The number of halogens is 1. The third-order valence-electron chi connectivity index (χ3n) is 3.02. The van der Waals surface area contributed by atoms with Gasteiger partial charge in [-0.2, -0.15) is 0 Å². The van der Waals surface area contributed by atoms with Crippen LogP contribution in [-0.2, 0) is 6.54 Å². The van der Waals surface area contributed by atoms with E-state index in [0.29, 0.717) is 18.6 Å². The summed E-state index contributed by atoms with van der Waals surface area (Å²) in [5.41, 5.74) is 2.20. The van der Waals surface area contributed by atoms with Gasteiger partial charge in [-0.05, 0) is 25.5 Å². The summed E-state index contributed by atoms with van der Waals surface area (Å²) >= 11 is 6.37. The van der Waals surface area contributed by atoms with Crippen LogP contribution in [0.2, 0.25) is 5.02 Å². The molecule has 0 unspecified atom stereocenters. The standard InChI is InChI=1S/C15H25ClN2O/c1-11(2)17-10-13-6-5-7-14(16)15(13)18(8-9-19)12(3)4/h5-7,11-12,17,19H,8-10H2,1-4H3. The molecule has 0 saturated heterocycles. The van der Waals surface area contributed by atoms with Crippen molar-refractivity contribution >= 4 is 17.3 Å². The lowest BCUT2D eigenvalue weighted by Crippen LogP contribution is -2.35. The van der Waals surface area contributed by atoms with Gasteiger partial charge in [0, 0.05) is 25.2 Å². The SMILES string of the molecule is CC(C)NCc1cccc(Cl)c1N(CCO)C(C)C. The monoisotopic (exact) mass is 284 g/mol. The van der Waals surface area contributed by atoms with E-state index in [4.69, 9.17) is 11.6 Å². The van der Waals surface area contributed by atoms with E-state index in [0.717, 1.165) is 17.3 Å². The highest BCUT2D eigenvalue weighted by Crippen LogP contribution is 2.31. The minimum Gasteiger partial charge on any atom is -0.395 e. The van der Waals surface area contributed by atoms with Gasteiger partial charge in [-0.15, -0.1) is 0 Å². The van der Waals surface area contributed by atoms with Gasteiger partial charge < -0.3 is 15.3 Å². The van der Waals surface area contributed by atoms with Gasteiger partial charge in [-0.25, -0.2) is 0 Å². The third kappa shape index (κ3) is 4.68. The molecule has 0 heterocycles. The molecule has 0 fully saturated rings. The van der Waals surface area contributed by atoms with Crippen molar-refractivity contribution in [1.29, 1.82) is 0 Å². The number of hydrogen-bond donors (Lipinski definition) is 2.